The van der Waals surface area contributed by atoms with Crippen LogP contribution in [-0.4, -0.2) is 31.2 Å². The van der Waals surface area contributed by atoms with Gasteiger partial charge < -0.3 is 0 Å². The van der Waals surface area contributed by atoms with Crippen LogP contribution in [0.15, 0.2) is 97.1 Å². The van der Waals surface area contributed by atoms with E-state index < -0.39 is 60.5 Å². The molecular weight excluding hydrogens is 758 g/mol. The van der Waals surface area contributed by atoms with Gasteiger partial charge in [-0.2, -0.15) is 0 Å². The fourth-order valence-corrected chi connectivity index (χ4v) is 8.02. The van der Waals surface area contributed by atoms with E-state index in [0.717, 1.165) is 14.3 Å². The Morgan fingerprint density at radius 1 is 0.585 bits per heavy atom. The molecule has 0 fully saturated rings. The van der Waals surface area contributed by atoms with E-state index in [1.54, 1.807) is 78.9 Å². The van der Waals surface area contributed by atoms with Crippen molar-refractivity contribution in [2.24, 2.45) is 0 Å². The summed E-state index contributed by atoms with van der Waals surface area (Å²) in [6, 6.07) is 27.7. The second-order valence-electron chi connectivity index (χ2n) is 7.78. The first-order chi connectivity index (χ1) is 19.7. The minimum absolute atomic E-state index is 0.222. The van der Waals surface area contributed by atoms with Crippen molar-refractivity contribution in [1.82, 2.24) is 0 Å². The van der Waals surface area contributed by atoms with Gasteiger partial charge in [-0.15, -0.1) is 0 Å². The summed E-state index contributed by atoms with van der Waals surface area (Å²) >= 11 is -1.28. The van der Waals surface area contributed by atoms with Gasteiger partial charge >= 0.3 is 258 Å². The average molecular weight is 780 g/mol. The van der Waals surface area contributed by atoms with Crippen LogP contribution < -0.4 is 62.1 Å². The van der Waals surface area contributed by atoms with Gasteiger partial charge in [0, 0.05) is 0 Å². The molecule has 0 radical (unpaired) electrons. The Labute approximate surface area is 256 Å². The zero-order valence-electron chi connectivity index (χ0n) is 21.7. The van der Waals surface area contributed by atoms with Crippen molar-refractivity contribution < 1.29 is 86.0 Å². The Kier molecular flexibility index (Phi) is 12.1. The van der Waals surface area contributed by atoms with E-state index in [0.29, 0.717) is 11.5 Å². The minimum atomic E-state index is -1.17. The van der Waals surface area contributed by atoms with Crippen molar-refractivity contribution in [3.8, 4) is 11.5 Å². The molecule has 0 spiro atoms. The summed E-state index contributed by atoms with van der Waals surface area (Å²) in [7, 11) is 1.24. The summed E-state index contributed by atoms with van der Waals surface area (Å²) in [6.45, 7) is 1.34. The fraction of sp³-hybridized carbons (Fsp3) is 0.0667. The van der Waals surface area contributed by atoms with Crippen LogP contribution in [0.4, 0.5) is 4.79 Å². The molecule has 9 nitrogen and oxygen atoms in total. The van der Waals surface area contributed by atoms with Gasteiger partial charge in [0.15, 0.2) is 0 Å². The van der Waals surface area contributed by atoms with Crippen LogP contribution in [-0.2, 0) is 9.53 Å². The summed E-state index contributed by atoms with van der Waals surface area (Å²) in [4.78, 5) is 43.9. The predicted molar refractivity (Wildman–Crippen MR) is 134 cm³/mol. The molecule has 0 atom stereocenters. The number of rotatable bonds is 8. The quantitative estimate of drug-likeness (QED) is 0.0769. The topological polar surface area (TPSA) is 142 Å². The second-order valence-corrected chi connectivity index (χ2v) is 13.7. The Morgan fingerprint density at radius 2 is 0.976 bits per heavy atom. The van der Waals surface area contributed by atoms with Crippen LogP contribution in [0, 0.1) is 14.3 Å². The molecule has 0 aliphatic heterocycles. The molecule has 0 heterocycles. The molecule has 11 heteroatoms. The molecule has 4 rings (SSSR count). The van der Waals surface area contributed by atoms with E-state index in [1.165, 1.54) is 14.0 Å². The van der Waals surface area contributed by atoms with Crippen molar-refractivity contribution in [1.29, 1.82) is 0 Å². The monoisotopic (exact) mass is 780 g/mol. The van der Waals surface area contributed by atoms with E-state index in [2.05, 4.69) is 4.74 Å². The number of carbonyl (C=O) groups is 4. The van der Waals surface area contributed by atoms with Crippen molar-refractivity contribution in [3.63, 3.8) is 0 Å². The molecule has 0 amide bonds. The predicted octanol–water partition coefficient (Wildman–Crippen LogP) is -3.57. The maximum absolute atomic E-state index is 11.1. The fourth-order valence-electron chi connectivity index (χ4n) is 3.09. The zero-order valence-corrected chi connectivity index (χ0v) is 26.0. The van der Waals surface area contributed by atoms with Crippen LogP contribution in [0.25, 0.3) is 0 Å². The molecular formula is C30H22I2O9-4. The number of carboxylic acids is 2. The molecule has 4 aromatic carbocycles. The van der Waals surface area contributed by atoms with Crippen molar-refractivity contribution in [2.45, 2.75) is 6.92 Å². The third kappa shape index (κ3) is 10.2. The molecule has 0 saturated carbocycles. The number of benzene rings is 4. The van der Waals surface area contributed by atoms with Gasteiger partial charge in [0.2, 0.25) is 0 Å². The number of aromatic carboxylic acids is 2. The molecule has 4 aromatic rings. The molecule has 0 N–H and O–H groups in total. The van der Waals surface area contributed by atoms with Gasteiger partial charge in [0.05, 0.1) is 0 Å². The Balaban J connectivity index is 0.000000226. The average Bonchev–Trinajstić information content (AvgIpc) is 2.95. The first-order valence-corrected chi connectivity index (χ1v) is 16.0. The van der Waals surface area contributed by atoms with E-state index >= 15 is 0 Å². The maximum atomic E-state index is 11.1. The molecule has 0 saturated heterocycles. The molecule has 41 heavy (non-hydrogen) atoms. The third-order valence-corrected chi connectivity index (χ3v) is 10.6. The molecule has 0 unspecified atom stereocenters. The van der Waals surface area contributed by atoms with Crippen LogP contribution in [0.3, 0.4) is 0 Å². The molecule has 0 bridgehead atoms. The third-order valence-electron chi connectivity index (χ3n) is 4.87. The number of methoxy groups -OCH3 is 1. The number of esters is 1. The number of ether oxygens (including phenoxy) is 3. The number of hydrogen-bond donors (Lipinski definition) is 0. The van der Waals surface area contributed by atoms with E-state index in [-0.39, 0.29) is 17.1 Å². The Hall–Kier alpha value is -3.98. The van der Waals surface area contributed by atoms with Crippen LogP contribution >= 0.6 is 0 Å². The van der Waals surface area contributed by atoms with Crippen molar-refractivity contribution in [3.05, 3.63) is 122 Å². The number of carboxylic acid groups (broad SMARTS) is 2. The van der Waals surface area contributed by atoms with E-state index in [9.17, 15) is 29.4 Å². The van der Waals surface area contributed by atoms with Crippen LogP contribution in [0.5, 0.6) is 11.5 Å². The van der Waals surface area contributed by atoms with Gasteiger partial charge in [-0.1, -0.05) is 0 Å². The van der Waals surface area contributed by atoms with E-state index in [4.69, 9.17) is 9.47 Å². The summed E-state index contributed by atoms with van der Waals surface area (Å²) in [5, 5.41) is 22.1. The number of hydrogen-bond acceptors (Lipinski definition) is 9. The van der Waals surface area contributed by atoms with Crippen LogP contribution in [0.2, 0.25) is 0 Å². The summed E-state index contributed by atoms with van der Waals surface area (Å²) in [6.07, 6.45) is -0.778. The van der Waals surface area contributed by atoms with E-state index in [1.807, 2.05) is 18.2 Å². The summed E-state index contributed by atoms with van der Waals surface area (Å²) < 4.78 is 17.8. The first-order valence-electron chi connectivity index (χ1n) is 11.7. The van der Waals surface area contributed by atoms with Crippen molar-refractivity contribution in [2.75, 3.05) is 7.11 Å². The molecule has 0 aromatic heterocycles. The van der Waals surface area contributed by atoms with Gasteiger partial charge in [-0.3, -0.25) is 0 Å². The molecule has 0 aliphatic carbocycles. The second kappa shape index (κ2) is 15.7. The SMILES string of the molecule is CC(=O)Oc1ccc([I-]c2ccccc2C(=O)[O-])cc1.COC(=O)Oc1ccc([I-]c2ccccc2C(=O)[O-])cc1. The van der Waals surface area contributed by atoms with Gasteiger partial charge in [-0.25, -0.2) is 0 Å². The molecule has 214 valence electrons. The zero-order chi connectivity index (χ0) is 29.8. The summed E-state index contributed by atoms with van der Waals surface area (Å²) in [5.41, 5.74) is 0.463. The molecule has 0 aliphatic rings. The van der Waals surface area contributed by atoms with Crippen molar-refractivity contribution >= 4 is 24.1 Å². The normalized spacial score (nSPS) is 10.2. The van der Waals surface area contributed by atoms with Gasteiger partial charge in [0.25, 0.3) is 0 Å². The van der Waals surface area contributed by atoms with Crippen LogP contribution in [0.1, 0.15) is 27.6 Å². The number of carbonyl (C=O) groups excluding carboxylic acids is 4. The number of halogens is 2. The Bertz CT molecular complexity index is 1520. The van der Waals surface area contributed by atoms with Gasteiger partial charge in [0.1, 0.15) is 0 Å². The summed E-state index contributed by atoms with van der Waals surface area (Å²) in [5.74, 6) is -1.83. The first kappa shape index (κ1) is 31.5. The Morgan fingerprint density at radius 3 is 1.34 bits per heavy atom. The standard InChI is InChI=1S/C15H12IO5.C15H12IO4/c1-20-15(19)21-11-8-6-10(7-9-11)16-13-5-3-2-4-12(13)14(17)18;1-10(17)20-12-8-6-11(7-9-12)16-14-5-3-2-4-13(14)15(18)19/h2-9H,1H3,(H,17,18);2-9H,1H3,(H,18,19)/q2*-1/p-2. The van der Waals surface area contributed by atoms with Gasteiger partial charge in [-0.05, 0) is 0 Å².